The molecule has 0 aromatic heterocycles. The normalized spacial score (nSPS) is 12.0. The fourth-order valence-corrected chi connectivity index (χ4v) is 2.95. The van der Waals surface area contributed by atoms with E-state index < -0.39 is 6.04 Å². The zero-order valence-corrected chi connectivity index (χ0v) is 15.2. The molecule has 138 valence electrons. The van der Waals surface area contributed by atoms with Crippen LogP contribution in [0, 0.1) is 5.82 Å². The lowest BCUT2D eigenvalue weighted by Crippen LogP contribution is -2.43. The molecule has 3 aromatic carbocycles. The minimum Gasteiger partial charge on any atom is -0.351 e. The predicted octanol–water partition coefficient (Wildman–Crippen LogP) is 4.21. The lowest BCUT2D eigenvalue weighted by Gasteiger charge is -2.24. The van der Waals surface area contributed by atoms with Crippen LogP contribution in [0.4, 0.5) is 4.39 Å². The summed E-state index contributed by atoms with van der Waals surface area (Å²) in [5, 5.41) is 6.33. The van der Waals surface area contributed by atoms with Gasteiger partial charge in [0.1, 0.15) is 5.82 Å². The number of carbonyl (C=O) groups excluding carboxylic acids is 1. The van der Waals surface area contributed by atoms with Gasteiger partial charge in [0.25, 0.3) is 0 Å². The highest BCUT2D eigenvalue weighted by Crippen LogP contribution is 2.22. The van der Waals surface area contributed by atoms with Crippen molar-refractivity contribution in [3.63, 3.8) is 0 Å². The number of nitrogens with one attached hydrogen (secondary N) is 2. The lowest BCUT2D eigenvalue weighted by atomic mass is 9.98. The van der Waals surface area contributed by atoms with Crippen molar-refractivity contribution in [1.29, 1.82) is 0 Å². The van der Waals surface area contributed by atoms with Gasteiger partial charge in [-0.2, -0.15) is 0 Å². The molecule has 0 spiro atoms. The Kier molecular flexibility index (Phi) is 6.34. The molecule has 3 rings (SSSR count). The average Bonchev–Trinajstić information content (AvgIpc) is 2.72. The zero-order chi connectivity index (χ0) is 19.1. The molecule has 0 saturated carbocycles. The molecule has 1 atom stereocenters. The van der Waals surface area contributed by atoms with Crippen molar-refractivity contribution in [2.45, 2.75) is 25.6 Å². The Morgan fingerprint density at radius 3 is 1.89 bits per heavy atom. The van der Waals surface area contributed by atoms with Crippen LogP contribution in [0.1, 0.15) is 29.7 Å². The second-order valence-corrected chi connectivity index (χ2v) is 6.49. The average molecular weight is 362 g/mol. The highest BCUT2D eigenvalue weighted by Gasteiger charge is 2.20. The third kappa shape index (κ3) is 5.25. The molecule has 3 nitrogen and oxygen atoms in total. The molecule has 2 N–H and O–H groups in total. The molecule has 0 unspecified atom stereocenters. The smallest absolute Gasteiger partial charge is 0.237 e. The largest absolute Gasteiger partial charge is 0.351 e. The summed E-state index contributed by atoms with van der Waals surface area (Å²) in [6, 6.07) is 25.8. The molecule has 1 amide bonds. The fraction of sp³-hybridized carbons (Fsp3) is 0.174. The van der Waals surface area contributed by atoms with Gasteiger partial charge >= 0.3 is 0 Å². The topological polar surface area (TPSA) is 41.1 Å². The Balaban J connectivity index is 1.67. The van der Waals surface area contributed by atoms with Crippen molar-refractivity contribution in [3.05, 3.63) is 107 Å². The Bertz CT molecular complexity index is 811. The number of benzene rings is 3. The first kappa shape index (κ1) is 18.8. The van der Waals surface area contributed by atoms with Crippen LogP contribution in [0.2, 0.25) is 0 Å². The fourth-order valence-electron chi connectivity index (χ4n) is 2.95. The molecule has 0 bridgehead atoms. The maximum absolute atomic E-state index is 13.0. The van der Waals surface area contributed by atoms with Crippen LogP contribution >= 0.6 is 0 Å². The van der Waals surface area contributed by atoms with Gasteiger partial charge in [-0.15, -0.1) is 0 Å². The second-order valence-electron chi connectivity index (χ2n) is 6.49. The number of hydrogen-bond donors (Lipinski definition) is 2. The van der Waals surface area contributed by atoms with E-state index in [0.717, 1.165) is 16.7 Å². The van der Waals surface area contributed by atoms with Crippen LogP contribution in [-0.4, -0.2) is 11.9 Å². The summed E-state index contributed by atoms with van der Waals surface area (Å²) >= 11 is 0. The molecule has 0 fully saturated rings. The monoisotopic (exact) mass is 362 g/mol. The van der Waals surface area contributed by atoms with Gasteiger partial charge in [-0.1, -0.05) is 72.8 Å². The van der Waals surface area contributed by atoms with Crippen molar-refractivity contribution in [2.75, 3.05) is 0 Å². The highest BCUT2D eigenvalue weighted by atomic mass is 19.1. The summed E-state index contributed by atoms with van der Waals surface area (Å²) in [6.45, 7) is 2.21. The first-order valence-corrected chi connectivity index (χ1v) is 9.01. The van der Waals surface area contributed by atoms with E-state index in [0.29, 0.717) is 6.54 Å². The Labute approximate surface area is 159 Å². The Morgan fingerprint density at radius 2 is 1.37 bits per heavy atom. The van der Waals surface area contributed by atoms with Crippen molar-refractivity contribution in [2.24, 2.45) is 0 Å². The van der Waals surface area contributed by atoms with Crippen LogP contribution in [0.15, 0.2) is 84.9 Å². The zero-order valence-electron chi connectivity index (χ0n) is 15.2. The molecule has 0 saturated heterocycles. The number of carbonyl (C=O) groups is 1. The van der Waals surface area contributed by atoms with E-state index in [4.69, 9.17) is 0 Å². The van der Waals surface area contributed by atoms with Crippen LogP contribution in [0.5, 0.6) is 0 Å². The number of rotatable bonds is 7. The Morgan fingerprint density at radius 1 is 0.852 bits per heavy atom. The number of amides is 1. The summed E-state index contributed by atoms with van der Waals surface area (Å²) in [5.41, 5.74) is 3.06. The molecule has 0 aliphatic carbocycles. The Hall–Kier alpha value is -2.98. The van der Waals surface area contributed by atoms with Crippen LogP contribution in [0.25, 0.3) is 0 Å². The van der Waals surface area contributed by atoms with Crippen LogP contribution in [-0.2, 0) is 11.3 Å². The van der Waals surface area contributed by atoms with E-state index >= 15 is 0 Å². The predicted molar refractivity (Wildman–Crippen MR) is 106 cm³/mol. The van der Waals surface area contributed by atoms with Crippen LogP contribution in [0.3, 0.4) is 0 Å². The third-order valence-corrected chi connectivity index (χ3v) is 4.46. The van der Waals surface area contributed by atoms with Crippen molar-refractivity contribution in [3.8, 4) is 0 Å². The van der Waals surface area contributed by atoms with Gasteiger partial charge < -0.3 is 5.32 Å². The molecular weight excluding hydrogens is 339 g/mol. The second kappa shape index (κ2) is 9.10. The van der Waals surface area contributed by atoms with E-state index in [1.807, 2.05) is 67.6 Å². The van der Waals surface area contributed by atoms with E-state index in [9.17, 15) is 9.18 Å². The maximum Gasteiger partial charge on any atom is 0.237 e. The summed E-state index contributed by atoms with van der Waals surface area (Å²) in [5.74, 6) is -0.384. The van der Waals surface area contributed by atoms with Gasteiger partial charge in [-0.05, 0) is 35.7 Å². The van der Waals surface area contributed by atoms with Crippen molar-refractivity contribution < 1.29 is 9.18 Å². The van der Waals surface area contributed by atoms with Gasteiger partial charge in [0.15, 0.2) is 0 Å². The highest BCUT2D eigenvalue weighted by molar-refractivity contribution is 5.81. The van der Waals surface area contributed by atoms with E-state index in [2.05, 4.69) is 10.6 Å². The standard InChI is InChI=1S/C23H23FN2O/c1-17(23(27)25-16-18-12-14-21(24)15-13-18)26-22(19-8-4-2-5-9-19)20-10-6-3-7-11-20/h2-15,17,22,26H,16H2,1H3,(H,25,27)/t17-/m1/s1. The van der Waals surface area contributed by atoms with E-state index in [1.165, 1.54) is 12.1 Å². The summed E-state index contributed by atoms with van der Waals surface area (Å²) in [4.78, 5) is 12.5. The summed E-state index contributed by atoms with van der Waals surface area (Å²) in [7, 11) is 0. The summed E-state index contributed by atoms with van der Waals surface area (Å²) < 4.78 is 13.0. The van der Waals surface area contributed by atoms with E-state index in [1.54, 1.807) is 12.1 Å². The van der Waals surface area contributed by atoms with Gasteiger partial charge in [-0.3, -0.25) is 10.1 Å². The summed E-state index contributed by atoms with van der Waals surface area (Å²) in [6.07, 6.45) is 0. The molecule has 0 aliphatic heterocycles. The number of halogens is 1. The third-order valence-electron chi connectivity index (χ3n) is 4.46. The van der Waals surface area contributed by atoms with Crippen molar-refractivity contribution in [1.82, 2.24) is 10.6 Å². The molecule has 3 aromatic rings. The van der Waals surface area contributed by atoms with Crippen LogP contribution < -0.4 is 10.6 Å². The van der Waals surface area contributed by atoms with Gasteiger partial charge in [-0.25, -0.2) is 4.39 Å². The molecule has 0 heterocycles. The maximum atomic E-state index is 13.0. The van der Waals surface area contributed by atoms with Gasteiger partial charge in [0.05, 0.1) is 12.1 Å². The molecule has 27 heavy (non-hydrogen) atoms. The molecule has 0 radical (unpaired) electrons. The first-order chi connectivity index (χ1) is 13.1. The molecule has 0 aliphatic rings. The quantitative estimate of drug-likeness (QED) is 0.661. The first-order valence-electron chi connectivity index (χ1n) is 9.01. The van der Waals surface area contributed by atoms with E-state index in [-0.39, 0.29) is 17.8 Å². The van der Waals surface area contributed by atoms with Gasteiger partial charge in [0, 0.05) is 6.54 Å². The van der Waals surface area contributed by atoms with Gasteiger partial charge in [0.2, 0.25) is 5.91 Å². The lowest BCUT2D eigenvalue weighted by molar-refractivity contribution is -0.123. The molecular formula is C23H23FN2O. The van der Waals surface area contributed by atoms with Crippen molar-refractivity contribution >= 4 is 5.91 Å². The number of hydrogen-bond acceptors (Lipinski definition) is 2. The minimum atomic E-state index is -0.393. The SMILES string of the molecule is C[C@@H](NC(c1ccccc1)c1ccccc1)C(=O)NCc1ccc(F)cc1. The molecule has 4 heteroatoms. The minimum absolute atomic E-state index is 0.0843.